The van der Waals surface area contributed by atoms with E-state index in [1.807, 2.05) is 20.8 Å². The van der Waals surface area contributed by atoms with Crippen molar-refractivity contribution in [2.75, 3.05) is 5.75 Å². The van der Waals surface area contributed by atoms with Crippen LogP contribution in [0.5, 0.6) is 0 Å². The van der Waals surface area contributed by atoms with Gasteiger partial charge in [-0.2, -0.15) is 0 Å². The fraction of sp³-hybridized carbons (Fsp3) is 0.545. The first-order valence-corrected chi connectivity index (χ1v) is 6.73. The van der Waals surface area contributed by atoms with Gasteiger partial charge in [0.2, 0.25) is 0 Å². The second kappa shape index (κ2) is 4.41. The van der Waals surface area contributed by atoms with Gasteiger partial charge < -0.3 is 0 Å². The largest absolute Gasteiger partial charge is 0.254 e. The smallest absolute Gasteiger partial charge is 0.172 e. The molecule has 1 aliphatic heterocycles. The Morgan fingerprint density at radius 1 is 1.50 bits per heavy atom. The topological polar surface area (TPSA) is 55.2 Å². The Hall–Kier alpha value is -1.10. The minimum Gasteiger partial charge on any atom is -0.254 e. The summed E-state index contributed by atoms with van der Waals surface area (Å²) in [6.07, 6.45) is 1.66. The number of nitrogens with zero attached hydrogens (tertiary/aromatic N) is 3. The van der Waals surface area contributed by atoms with E-state index in [2.05, 4.69) is 15.0 Å². The van der Waals surface area contributed by atoms with E-state index >= 15 is 0 Å². The van der Waals surface area contributed by atoms with Crippen molar-refractivity contribution in [2.45, 2.75) is 38.5 Å². The number of aryl methyl sites for hydroxylation is 2. The molecule has 2 rings (SSSR count). The van der Waals surface area contributed by atoms with Gasteiger partial charge in [-0.3, -0.25) is 4.21 Å². The predicted molar refractivity (Wildman–Crippen MR) is 64.8 cm³/mol. The summed E-state index contributed by atoms with van der Waals surface area (Å²) in [5.74, 6) is 1.97. The third-order valence-electron chi connectivity index (χ3n) is 2.59. The van der Waals surface area contributed by atoms with Crippen LogP contribution in [0.15, 0.2) is 9.89 Å². The van der Waals surface area contributed by atoms with Crippen molar-refractivity contribution in [2.24, 2.45) is 4.99 Å². The first-order chi connectivity index (χ1) is 7.61. The van der Waals surface area contributed by atoms with Crippen molar-refractivity contribution < 1.29 is 4.21 Å². The highest BCUT2D eigenvalue weighted by Gasteiger charge is 2.24. The van der Waals surface area contributed by atoms with Crippen LogP contribution < -0.4 is 0 Å². The van der Waals surface area contributed by atoms with Crippen molar-refractivity contribution in [1.29, 1.82) is 0 Å². The molecule has 2 heterocycles. The molecular formula is C11H15N3OS. The summed E-state index contributed by atoms with van der Waals surface area (Å²) in [4.78, 5) is 13.8. The van der Waals surface area contributed by atoms with Gasteiger partial charge in [0.15, 0.2) is 5.82 Å². The number of rotatable bonds is 2. The first-order valence-electron chi connectivity index (χ1n) is 5.42. The normalized spacial score (nSPS) is 19.9. The average molecular weight is 237 g/mol. The lowest BCUT2D eigenvalue weighted by molar-refractivity contribution is 0.685. The Kier molecular flexibility index (Phi) is 3.14. The molecule has 4 nitrogen and oxygen atoms in total. The van der Waals surface area contributed by atoms with E-state index in [-0.39, 0.29) is 0 Å². The minimum absolute atomic E-state index is 0.609. The summed E-state index contributed by atoms with van der Waals surface area (Å²) in [6.45, 7) is 5.85. The van der Waals surface area contributed by atoms with Gasteiger partial charge in [0.1, 0.15) is 10.7 Å². The summed E-state index contributed by atoms with van der Waals surface area (Å²) < 4.78 is 11.8. The number of aliphatic imine (C=N–C) groups is 1. The highest BCUT2D eigenvalue weighted by atomic mass is 32.2. The van der Waals surface area contributed by atoms with Gasteiger partial charge in [-0.25, -0.2) is 15.0 Å². The van der Waals surface area contributed by atoms with Crippen LogP contribution in [0.2, 0.25) is 0 Å². The van der Waals surface area contributed by atoms with Crippen LogP contribution in [0.4, 0.5) is 5.82 Å². The standard InChI is InChI=1S/C11H15N3OS/c1-4-7(2)12-11-10-9(5-6-16(10)15)13-8(3)14-11/h4-6H2,1-3H3. The molecule has 1 aromatic heterocycles. The molecule has 0 spiro atoms. The summed E-state index contributed by atoms with van der Waals surface area (Å²) in [5, 5.41) is 0. The molecule has 1 aliphatic rings. The first kappa shape index (κ1) is 11.4. The molecule has 1 unspecified atom stereocenters. The molecule has 1 aromatic rings. The lowest BCUT2D eigenvalue weighted by Crippen LogP contribution is -1.98. The predicted octanol–water partition coefficient (Wildman–Crippen LogP) is 1.95. The second-order valence-electron chi connectivity index (χ2n) is 3.87. The fourth-order valence-electron chi connectivity index (χ4n) is 1.63. The quantitative estimate of drug-likeness (QED) is 0.739. The Labute approximate surface area is 97.7 Å². The fourth-order valence-corrected chi connectivity index (χ4v) is 2.92. The molecule has 1 atom stereocenters. The van der Waals surface area contributed by atoms with E-state index in [1.54, 1.807) is 0 Å². The third kappa shape index (κ3) is 2.04. The molecule has 0 N–H and O–H groups in total. The van der Waals surface area contributed by atoms with Crippen molar-refractivity contribution in [3.63, 3.8) is 0 Å². The molecule has 0 radical (unpaired) electrons. The van der Waals surface area contributed by atoms with E-state index in [9.17, 15) is 4.21 Å². The Morgan fingerprint density at radius 3 is 2.94 bits per heavy atom. The molecule has 0 amide bonds. The van der Waals surface area contributed by atoms with Crippen LogP contribution >= 0.6 is 0 Å². The van der Waals surface area contributed by atoms with Crippen LogP contribution in [-0.2, 0) is 17.2 Å². The zero-order valence-electron chi connectivity index (χ0n) is 9.78. The van der Waals surface area contributed by atoms with Gasteiger partial charge in [0, 0.05) is 17.9 Å². The lowest BCUT2D eigenvalue weighted by Gasteiger charge is -2.04. The molecule has 0 bridgehead atoms. The maximum atomic E-state index is 11.8. The molecule has 0 aliphatic carbocycles. The number of aromatic nitrogens is 2. The number of hydrogen-bond donors (Lipinski definition) is 0. The maximum absolute atomic E-state index is 11.8. The summed E-state index contributed by atoms with van der Waals surface area (Å²) >= 11 is 0. The molecule has 0 saturated heterocycles. The zero-order valence-corrected chi connectivity index (χ0v) is 10.6. The molecule has 0 aromatic carbocycles. The maximum Gasteiger partial charge on any atom is 0.172 e. The van der Waals surface area contributed by atoms with Crippen LogP contribution in [0.1, 0.15) is 31.8 Å². The van der Waals surface area contributed by atoms with Crippen LogP contribution in [0.3, 0.4) is 0 Å². The molecule has 86 valence electrons. The molecule has 16 heavy (non-hydrogen) atoms. The van der Waals surface area contributed by atoms with Crippen molar-refractivity contribution in [1.82, 2.24) is 9.97 Å². The summed E-state index contributed by atoms with van der Waals surface area (Å²) in [5.41, 5.74) is 1.91. The van der Waals surface area contributed by atoms with Crippen molar-refractivity contribution in [3.05, 3.63) is 11.5 Å². The van der Waals surface area contributed by atoms with Gasteiger partial charge in [-0.1, -0.05) is 6.92 Å². The SMILES string of the molecule is CCC(C)=Nc1nc(C)nc2c1S(=O)CC2. The van der Waals surface area contributed by atoms with E-state index in [0.29, 0.717) is 17.4 Å². The monoisotopic (exact) mass is 237 g/mol. The van der Waals surface area contributed by atoms with Crippen molar-refractivity contribution >= 4 is 22.3 Å². The van der Waals surface area contributed by atoms with Crippen LogP contribution in [-0.4, -0.2) is 25.6 Å². The highest BCUT2D eigenvalue weighted by molar-refractivity contribution is 7.85. The zero-order chi connectivity index (χ0) is 11.7. The average Bonchev–Trinajstić information content (AvgIpc) is 2.60. The second-order valence-corrected chi connectivity index (χ2v) is 5.38. The van der Waals surface area contributed by atoms with Crippen LogP contribution in [0, 0.1) is 6.92 Å². The third-order valence-corrected chi connectivity index (χ3v) is 4.04. The van der Waals surface area contributed by atoms with Gasteiger partial charge in [-0.15, -0.1) is 0 Å². The van der Waals surface area contributed by atoms with Gasteiger partial charge in [-0.05, 0) is 20.3 Å². The van der Waals surface area contributed by atoms with Crippen molar-refractivity contribution in [3.8, 4) is 0 Å². The Balaban J connectivity index is 2.57. The molecule has 0 saturated carbocycles. The van der Waals surface area contributed by atoms with Gasteiger partial charge in [0.05, 0.1) is 16.5 Å². The van der Waals surface area contributed by atoms with E-state index < -0.39 is 10.8 Å². The summed E-state index contributed by atoms with van der Waals surface area (Å²) in [7, 11) is -0.968. The molecule has 0 fully saturated rings. The van der Waals surface area contributed by atoms with E-state index in [1.165, 1.54) is 0 Å². The Morgan fingerprint density at radius 2 is 2.25 bits per heavy atom. The van der Waals surface area contributed by atoms with Gasteiger partial charge >= 0.3 is 0 Å². The number of hydrogen-bond acceptors (Lipinski definition) is 4. The molecule has 5 heteroatoms. The minimum atomic E-state index is -0.968. The summed E-state index contributed by atoms with van der Waals surface area (Å²) in [6, 6.07) is 0. The van der Waals surface area contributed by atoms with E-state index in [4.69, 9.17) is 0 Å². The van der Waals surface area contributed by atoms with Crippen LogP contribution in [0.25, 0.3) is 0 Å². The van der Waals surface area contributed by atoms with Gasteiger partial charge in [0.25, 0.3) is 0 Å². The van der Waals surface area contributed by atoms with E-state index in [0.717, 1.165) is 29.1 Å². The number of fused-ring (bicyclic) bond motifs is 1. The Bertz CT molecular complexity index is 482. The highest BCUT2D eigenvalue weighted by Crippen LogP contribution is 2.29. The molecular weight excluding hydrogens is 222 g/mol. The lowest BCUT2D eigenvalue weighted by atomic mass is 10.3.